The van der Waals surface area contributed by atoms with E-state index in [1.807, 2.05) is 0 Å². The Labute approximate surface area is 282 Å². The number of aliphatic hydroxyl groups excluding tert-OH is 1. The van der Waals surface area contributed by atoms with Crippen LogP contribution in [0.4, 0.5) is 4.79 Å². The van der Waals surface area contributed by atoms with Crippen molar-refractivity contribution in [2.24, 2.45) is 33.7 Å². The molecule has 20 heteroatoms. The highest BCUT2D eigenvalue weighted by atomic mass is 16.4. The number of nitrogens with zero attached hydrogens (tertiary/aromatic N) is 1. The molecule has 1 rings (SSSR count). The number of aliphatic hydroxyl groups is 1. The standard InChI is InChI=1S/C29H47N11O9/c30-17(10-11-22(31)42)23(43)37-18(8-4-12-35-28(32)33)24(44)39-20(14-16-6-2-1-3-7-16)25(45)40-21(15-41)26(46)38-19(27(47)48)9-5-13-36-29(34)49/h1-3,6-7,17-21,41H,4-5,8-15,30H2,(H2,31,42)(H,37,43)(H,38,46)(H,39,44)(H,40,45)(H,47,48)(H4,32,33,35)(H3,34,36,49)/t17-,18-,19-,20-,21-/m0/s1. The average molecular weight is 694 g/mol. The van der Waals surface area contributed by atoms with Crippen molar-refractivity contribution in [3.05, 3.63) is 35.9 Å². The number of aliphatic imine (C=N–C) groups is 1. The molecular weight excluding hydrogens is 646 g/mol. The molecule has 0 fully saturated rings. The van der Waals surface area contributed by atoms with Gasteiger partial charge in [-0.2, -0.15) is 0 Å². The van der Waals surface area contributed by atoms with Crippen molar-refractivity contribution in [1.29, 1.82) is 0 Å². The molecule has 0 aliphatic carbocycles. The summed E-state index contributed by atoms with van der Waals surface area (Å²) in [6.07, 6.45) is -0.0869. The molecule has 1 aromatic rings. The lowest BCUT2D eigenvalue weighted by atomic mass is 10.0. The third kappa shape index (κ3) is 17.3. The molecule has 0 saturated heterocycles. The van der Waals surface area contributed by atoms with E-state index in [2.05, 4.69) is 31.6 Å². The summed E-state index contributed by atoms with van der Waals surface area (Å²) in [6.45, 7) is -0.771. The lowest BCUT2D eigenvalue weighted by molar-refractivity contribution is -0.142. The summed E-state index contributed by atoms with van der Waals surface area (Å²) >= 11 is 0. The maximum absolute atomic E-state index is 13.5. The molecule has 5 atom stereocenters. The Morgan fingerprint density at radius 1 is 0.714 bits per heavy atom. The summed E-state index contributed by atoms with van der Waals surface area (Å²) in [5, 5.41) is 31.4. The van der Waals surface area contributed by atoms with Crippen molar-refractivity contribution < 1.29 is 43.8 Å². The Bertz CT molecular complexity index is 1310. The van der Waals surface area contributed by atoms with Crippen LogP contribution in [0, 0.1) is 0 Å². The highest BCUT2D eigenvalue weighted by Crippen LogP contribution is 2.08. The zero-order valence-electron chi connectivity index (χ0n) is 26.9. The van der Waals surface area contributed by atoms with Crippen LogP contribution in [-0.2, 0) is 35.2 Å². The van der Waals surface area contributed by atoms with Gasteiger partial charge < -0.3 is 65.5 Å². The van der Waals surface area contributed by atoms with Gasteiger partial charge in [0.15, 0.2) is 5.96 Å². The number of carboxylic acid groups (broad SMARTS) is 1. The van der Waals surface area contributed by atoms with Gasteiger partial charge in [0.1, 0.15) is 24.2 Å². The Kier molecular flexibility index (Phi) is 18.8. The minimum atomic E-state index is -1.62. The molecule has 0 aliphatic heterocycles. The number of carbonyl (C=O) groups is 7. The molecular formula is C29H47N11O9. The van der Waals surface area contributed by atoms with E-state index < -0.39 is 78.4 Å². The minimum Gasteiger partial charge on any atom is -0.480 e. The number of hydrogen-bond donors (Lipinski definition) is 12. The second-order valence-electron chi connectivity index (χ2n) is 10.9. The number of guanidine groups is 1. The number of hydrogen-bond acceptors (Lipinski definition) is 10. The summed E-state index contributed by atoms with van der Waals surface area (Å²) in [7, 11) is 0. The van der Waals surface area contributed by atoms with Crippen molar-refractivity contribution in [2.75, 3.05) is 19.7 Å². The van der Waals surface area contributed by atoms with Crippen LogP contribution in [0.2, 0.25) is 0 Å². The van der Waals surface area contributed by atoms with Crippen LogP contribution in [0.25, 0.3) is 0 Å². The molecule has 0 bridgehead atoms. The number of benzene rings is 1. The van der Waals surface area contributed by atoms with Gasteiger partial charge in [0.25, 0.3) is 0 Å². The maximum Gasteiger partial charge on any atom is 0.326 e. The number of nitrogens with one attached hydrogen (secondary N) is 5. The third-order valence-electron chi connectivity index (χ3n) is 6.93. The Balaban J connectivity index is 3.17. The number of carbonyl (C=O) groups excluding carboxylic acids is 6. The van der Waals surface area contributed by atoms with E-state index >= 15 is 0 Å². The molecule has 7 amide bonds. The lowest BCUT2D eigenvalue weighted by Crippen LogP contribution is -2.59. The predicted molar refractivity (Wildman–Crippen MR) is 176 cm³/mol. The maximum atomic E-state index is 13.5. The number of carboxylic acids is 1. The van der Waals surface area contributed by atoms with Gasteiger partial charge in [-0.05, 0) is 37.7 Å². The summed E-state index contributed by atoms with van der Waals surface area (Å²) < 4.78 is 0. The van der Waals surface area contributed by atoms with Gasteiger partial charge in [0.05, 0.1) is 12.6 Å². The summed E-state index contributed by atoms with van der Waals surface area (Å²) in [6, 6.07) is 0.854. The second kappa shape index (κ2) is 22.1. The molecule has 272 valence electrons. The van der Waals surface area contributed by atoms with Gasteiger partial charge in [-0.15, -0.1) is 0 Å². The fraction of sp³-hybridized carbons (Fsp3) is 0.517. The van der Waals surface area contributed by atoms with E-state index in [1.165, 1.54) is 0 Å². The monoisotopic (exact) mass is 693 g/mol. The van der Waals surface area contributed by atoms with E-state index in [9.17, 15) is 43.8 Å². The number of amides is 7. The Morgan fingerprint density at radius 3 is 1.84 bits per heavy atom. The van der Waals surface area contributed by atoms with Gasteiger partial charge in [0.2, 0.25) is 29.5 Å². The molecule has 49 heavy (non-hydrogen) atoms. The van der Waals surface area contributed by atoms with Crippen LogP contribution in [0.3, 0.4) is 0 Å². The zero-order valence-corrected chi connectivity index (χ0v) is 26.9. The van der Waals surface area contributed by atoms with Crippen molar-refractivity contribution in [1.82, 2.24) is 26.6 Å². The molecule has 0 unspecified atom stereocenters. The molecule has 0 radical (unpaired) electrons. The van der Waals surface area contributed by atoms with Crippen LogP contribution in [0.5, 0.6) is 0 Å². The predicted octanol–water partition coefficient (Wildman–Crippen LogP) is -4.66. The lowest BCUT2D eigenvalue weighted by Gasteiger charge is -2.26. The fourth-order valence-electron chi connectivity index (χ4n) is 4.33. The van der Waals surface area contributed by atoms with Crippen LogP contribution >= 0.6 is 0 Å². The number of primary amides is 2. The first-order valence-corrected chi connectivity index (χ1v) is 15.4. The van der Waals surface area contributed by atoms with Crippen molar-refractivity contribution >= 4 is 47.5 Å². The first-order chi connectivity index (χ1) is 23.1. The van der Waals surface area contributed by atoms with Gasteiger partial charge in [-0.1, -0.05) is 30.3 Å². The second-order valence-corrected chi connectivity index (χ2v) is 10.9. The summed E-state index contributed by atoms with van der Waals surface area (Å²) in [4.78, 5) is 90.3. The Morgan fingerprint density at radius 2 is 1.27 bits per heavy atom. The molecule has 1 aromatic carbocycles. The summed E-state index contributed by atoms with van der Waals surface area (Å²) in [5.41, 5.74) is 27.3. The quantitative estimate of drug-likeness (QED) is 0.0292. The van der Waals surface area contributed by atoms with Gasteiger partial charge in [0, 0.05) is 25.9 Å². The topological polar surface area (TPSA) is 363 Å². The van der Waals surface area contributed by atoms with E-state index in [-0.39, 0.29) is 64.0 Å². The average Bonchev–Trinajstić information content (AvgIpc) is 3.04. The van der Waals surface area contributed by atoms with Crippen LogP contribution in [0.1, 0.15) is 44.1 Å². The normalized spacial score (nSPS) is 13.7. The smallest absolute Gasteiger partial charge is 0.326 e. The number of nitrogens with two attached hydrogens (primary N) is 5. The molecule has 0 aromatic heterocycles. The van der Waals surface area contributed by atoms with Crippen LogP contribution in [-0.4, -0.2) is 108 Å². The summed E-state index contributed by atoms with van der Waals surface area (Å²) in [5.74, 6) is -5.75. The van der Waals surface area contributed by atoms with E-state index in [0.717, 1.165) is 0 Å². The molecule has 0 saturated carbocycles. The number of rotatable bonds is 23. The molecule has 0 spiro atoms. The van der Waals surface area contributed by atoms with Crippen molar-refractivity contribution in [3.63, 3.8) is 0 Å². The van der Waals surface area contributed by atoms with E-state index in [0.29, 0.717) is 5.56 Å². The van der Waals surface area contributed by atoms with Gasteiger partial charge in [-0.3, -0.25) is 29.0 Å². The third-order valence-corrected chi connectivity index (χ3v) is 6.93. The van der Waals surface area contributed by atoms with E-state index in [4.69, 9.17) is 28.7 Å². The van der Waals surface area contributed by atoms with Gasteiger partial charge in [-0.25, -0.2) is 9.59 Å². The zero-order chi connectivity index (χ0) is 36.9. The highest BCUT2D eigenvalue weighted by Gasteiger charge is 2.31. The minimum absolute atomic E-state index is 0.00375. The van der Waals surface area contributed by atoms with Crippen LogP contribution in [0.15, 0.2) is 35.3 Å². The molecule has 0 aliphatic rings. The largest absolute Gasteiger partial charge is 0.480 e. The van der Waals surface area contributed by atoms with E-state index in [1.54, 1.807) is 30.3 Å². The molecule has 0 heterocycles. The molecule has 17 N–H and O–H groups in total. The van der Waals surface area contributed by atoms with Crippen LogP contribution < -0.4 is 55.3 Å². The fourth-order valence-corrected chi connectivity index (χ4v) is 4.33. The number of urea groups is 1. The first kappa shape index (κ1) is 41.5. The van der Waals surface area contributed by atoms with Crippen molar-refractivity contribution in [2.45, 2.75) is 75.2 Å². The first-order valence-electron chi connectivity index (χ1n) is 15.4. The highest BCUT2D eigenvalue weighted by molar-refractivity contribution is 5.95. The number of aliphatic carboxylic acids is 1. The van der Waals surface area contributed by atoms with Gasteiger partial charge >= 0.3 is 12.0 Å². The molecule has 20 nitrogen and oxygen atoms in total. The SMILES string of the molecule is NC(=O)CC[C@H](N)C(=O)N[C@@H](CCCN=C(N)N)C(=O)N[C@@H](Cc1ccccc1)C(=O)N[C@@H](CO)C(=O)N[C@@H](CCCNC(N)=O)C(=O)O. The van der Waals surface area contributed by atoms with Crippen molar-refractivity contribution in [3.8, 4) is 0 Å². The Hall–Kier alpha value is -5.50.